The monoisotopic (exact) mass is 389 g/mol. The van der Waals surface area contributed by atoms with E-state index < -0.39 is 0 Å². The van der Waals surface area contributed by atoms with Crippen LogP contribution >= 0.6 is 23.5 Å². The van der Waals surface area contributed by atoms with Crippen LogP contribution in [0.3, 0.4) is 0 Å². The molecule has 26 heavy (non-hydrogen) atoms. The summed E-state index contributed by atoms with van der Waals surface area (Å²) in [5.74, 6) is 2.42. The second-order valence-corrected chi connectivity index (χ2v) is 8.60. The first-order chi connectivity index (χ1) is 12.7. The van der Waals surface area contributed by atoms with Crippen molar-refractivity contribution in [2.24, 2.45) is 5.92 Å². The number of ether oxygens (including phenoxy) is 1. The maximum atomic E-state index is 12.8. The van der Waals surface area contributed by atoms with E-state index in [1.807, 2.05) is 35.2 Å². The van der Waals surface area contributed by atoms with E-state index in [2.05, 4.69) is 15.7 Å². The van der Waals surface area contributed by atoms with Crippen LogP contribution in [-0.2, 0) is 11.2 Å². The molecular formula is C19H23N3O2S2. The Morgan fingerprint density at radius 2 is 2.15 bits per heavy atom. The Morgan fingerprint density at radius 3 is 2.92 bits per heavy atom. The topological polar surface area (TPSA) is 55.3 Å². The van der Waals surface area contributed by atoms with Gasteiger partial charge in [-0.1, -0.05) is 49.0 Å². The molecule has 1 aromatic carbocycles. The first kappa shape index (κ1) is 17.8. The number of nitrogens with zero attached hydrogens (tertiary/aromatic N) is 3. The van der Waals surface area contributed by atoms with Crippen molar-refractivity contribution in [1.82, 2.24) is 13.6 Å². The van der Waals surface area contributed by atoms with Gasteiger partial charge >= 0.3 is 0 Å². The Morgan fingerprint density at radius 1 is 1.31 bits per heavy atom. The number of hydrogen-bond acceptors (Lipinski definition) is 6. The molecule has 1 saturated heterocycles. The number of likely N-dealkylation sites (tertiary alicyclic amines) is 1. The summed E-state index contributed by atoms with van der Waals surface area (Å²) in [6.45, 7) is 3.02. The molecule has 7 heteroatoms. The zero-order valence-corrected chi connectivity index (χ0v) is 16.5. The second kappa shape index (κ2) is 7.96. The van der Waals surface area contributed by atoms with Gasteiger partial charge in [0.15, 0.2) is 5.03 Å². The Hall–Kier alpha value is -1.60. The van der Waals surface area contributed by atoms with Crippen molar-refractivity contribution in [2.45, 2.75) is 49.8 Å². The lowest BCUT2D eigenvalue weighted by molar-refractivity contribution is -0.134. The molecule has 2 aliphatic rings. The van der Waals surface area contributed by atoms with Gasteiger partial charge in [-0.3, -0.25) is 4.79 Å². The largest absolute Gasteiger partial charge is 0.470 e. The van der Waals surface area contributed by atoms with Gasteiger partial charge in [0.1, 0.15) is 6.10 Å². The summed E-state index contributed by atoms with van der Waals surface area (Å²) in [4.78, 5) is 14.8. The number of carbonyl (C=O) groups excluding carboxylic acids is 1. The van der Waals surface area contributed by atoms with Crippen molar-refractivity contribution in [2.75, 3.05) is 12.3 Å². The Labute approximate surface area is 162 Å². The summed E-state index contributed by atoms with van der Waals surface area (Å²) < 4.78 is 14.9. The first-order valence-corrected chi connectivity index (χ1v) is 10.9. The molecule has 1 aliphatic heterocycles. The fourth-order valence-electron chi connectivity index (χ4n) is 3.93. The number of amides is 1. The average Bonchev–Trinajstić information content (AvgIpc) is 3.37. The molecule has 2 aromatic rings. The molecule has 1 amide bonds. The standard InChI is InChI=1S/C19H23N3O2S2/c1-2-8-25-19-18(20-26-21-19)24-16-10-14-9-15(16)22(12-14)17(23)11-13-6-4-3-5-7-13/h3-7,14-16H,2,8-12H2,1H3. The van der Waals surface area contributed by atoms with E-state index in [1.165, 1.54) is 11.7 Å². The van der Waals surface area contributed by atoms with E-state index in [-0.39, 0.29) is 18.1 Å². The summed E-state index contributed by atoms with van der Waals surface area (Å²) in [5, 5.41) is 0.891. The predicted molar refractivity (Wildman–Crippen MR) is 104 cm³/mol. The van der Waals surface area contributed by atoms with Crippen LogP contribution < -0.4 is 4.74 Å². The molecule has 4 rings (SSSR count). The highest BCUT2D eigenvalue weighted by molar-refractivity contribution is 7.99. The Balaban J connectivity index is 1.41. The fraction of sp³-hybridized carbons (Fsp3) is 0.526. The number of rotatable bonds is 7. The van der Waals surface area contributed by atoms with Crippen LogP contribution in [0.2, 0.25) is 0 Å². The highest BCUT2D eigenvalue weighted by atomic mass is 32.2. The van der Waals surface area contributed by atoms with Crippen molar-refractivity contribution in [1.29, 1.82) is 0 Å². The number of fused-ring (bicyclic) bond motifs is 2. The fourth-order valence-corrected chi connectivity index (χ4v) is 5.31. The minimum absolute atomic E-state index is 0.0401. The lowest BCUT2D eigenvalue weighted by Gasteiger charge is -2.33. The van der Waals surface area contributed by atoms with Crippen LogP contribution in [0, 0.1) is 5.92 Å². The van der Waals surface area contributed by atoms with Crippen LogP contribution in [0.4, 0.5) is 0 Å². The summed E-state index contributed by atoms with van der Waals surface area (Å²) >= 11 is 2.90. The lowest BCUT2D eigenvalue weighted by atomic mass is 10.1. The summed E-state index contributed by atoms with van der Waals surface area (Å²) in [6, 6.07) is 10.1. The van der Waals surface area contributed by atoms with Gasteiger partial charge in [-0.05, 0) is 36.5 Å². The van der Waals surface area contributed by atoms with E-state index in [0.29, 0.717) is 18.2 Å². The number of carbonyl (C=O) groups is 1. The number of benzene rings is 1. The Kier molecular flexibility index (Phi) is 5.45. The molecule has 1 saturated carbocycles. The lowest BCUT2D eigenvalue weighted by Crippen LogP contribution is -2.47. The summed E-state index contributed by atoms with van der Waals surface area (Å²) in [6.07, 6.45) is 3.65. The smallest absolute Gasteiger partial charge is 0.260 e. The van der Waals surface area contributed by atoms with Crippen LogP contribution in [0.5, 0.6) is 5.88 Å². The second-order valence-electron chi connectivity index (χ2n) is 6.99. The van der Waals surface area contributed by atoms with Crippen LogP contribution in [0.15, 0.2) is 35.4 Å². The zero-order chi connectivity index (χ0) is 17.9. The third kappa shape index (κ3) is 3.74. The van der Waals surface area contributed by atoms with Gasteiger partial charge < -0.3 is 9.64 Å². The van der Waals surface area contributed by atoms with E-state index in [4.69, 9.17) is 4.74 Å². The normalized spacial score (nSPS) is 24.2. The van der Waals surface area contributed by atoms with Gasteiger partial charge in [-0.2, -0.15) is 4.37 Å². The number of piperidine rings is 1. The quantitative estimate of drug-likeness (QED) is 0.677. The molecule has 1 aliphatic carbocycles. The van der Waals surface area contributed by atoms with Crippen molar-refractivity contribution in [3.05, 3.63) is 35.9 Å². The number of thioether (sulfide) groups is 1. The molecule has 0 spiro atoms. The molecule has 0 radical (unpaired) electrons. The molecule has 3 unspecified atom stereocenters. The van der Waals surface area contributed by atoms with Crippen molar-refractivity contribution < 1.29 is 9.53 Å². The molecule has 2 bridgehead atoms. The SMILES string of the molecule is CCCSc1nsnc1OC1CC2CC1N(C(=O)Cc1ccccc1)C2. The van der Waals surface area contributed by atoms with E-state index in [9.17, 15) is 4.79 Å². The third-order valence-corrected chi connectivity index (χ3v) is 6.86. The van der Waals surface area contributed by atoms with Gasteiger partial charge in [0, 0.05) is 6.54 Å². The molecule has 2 heterocycles. The van der Waals surface area contributed by atoms with Gasteiger partial charge in [0.05, 0.1) is 24.2 Å². The number of hydrogen-bond donors (Lipinski definition) is 0. The Bertz CT molecular complexity index is 752. The van der Waals surface area contributed by atoms with E-state index >= 15 is 0 Å². The highest BCUT2D eigenvalue weighted by Gasteiger charge is 2.48. The van der Waals surface area contributed by atoms with Crippen molar-refractivity contribution in [3.63, 3.8) is 0 Å². The van der Waals surface area contributed by atoms with Gasteiger partial charge in [0.2, 0.25) is 5.91 Å². The summed E-state index contributed by atoms with van der Waals surface area (Å²) in [5.41, 5.74) is 1.07. The van der Waals surface area contributed by atoms with Crippen LogP contribution in [0.1, 0.15) is 31.7 Å². The van der Waals surface area contributed by atoms with Gasteiger partial charge in [-0.25, -0.2) is 0 Å². The minimum Gasteiger partial charge on any atom is -0.470 e. The minimum atomic E-state index is 0.0401. The first-order valence-electron chi connectivity index (χ1n) is 9.20. The number of aromatic nitrogens is 2. The maximum Gasteiger partial charge on any atom is 0.260 e. The van der Waals surface area contributed by atoms with Gasteiger partial charge in [-0.15, -0.1) is 4.37 Å². The van der Waals surface area contributed by atoms with Crippen molar-refractivity contribution in [3.8, 4) is 5.88 Å². The van der Waals surface area contributed by atoms with Crippen LogP contribution in [-0.4, -0.2) is 44.0 Å². The van der Waals surface area contributed by atoms with E-state index in [0.717, 1.165) is 42.1 Å². The molecule has 0 N–H and O–H groups in total. The van der Waals surface area contributed by atoms with Gasteiger partial charge in [0.25, 0.3) is 5.88 Å². The molecule has 5 nitrogen and oxygen atoms in total. The summed E-state index contributed by atoms with van der Waals surface area (Å²) in [7, 11) is 0. The van der Waals surface area contributed by atoms with E-state index in [1.54, 1.807) is 11.8 Å². The molecule has 2 fully saturated rings. The average molecular weight is 390 g/mol. The van der Waals surface area contributed by atoms with Crippen LogP contribution in [0.25, 0.3) is 0 Å². The molecule has 3 atom stereocenters. The van der Waals surface area contributed by atoms with Crippen molar-refractivity contribution >= 4 is 29.4 Å². The molecule has 1 aromatic heterocycles. The molecular weight excluding hydrogens is 366 g/mol. The third-order valence-electron chi connectivity index (χ3n) is 5.08. The predicted octanol–water partition coefficient (Wildman–Crippen LogP) is 3.65. The highest BCUT2D eigenvalue weighted by Crippen LogP contribution is 2.41. The maximum absolute atomic E-state index is 12.8. The zero-order valence-electron chi connectivity index (χ0n) is 14.8. The molecule has 138 valence electrons.